The van der Waals surface area contributed by atoms with Crippen LogP contribution < -0.4 is 5.32 Å². The number of rotatable bonds is 4. The Labute approximate surface area is 123 Å². The van der Waals surface area contributed by atoms with E-state index in [0.29, 0.717) is 12.1 Å². The number of amides is 1. The highest BCUT2D eigenvalue weighted by atomic mass is 127. The Hall–Kier alpha value is -1.08. The molecule has 1 heterocycles. The Morgan fingerprint density at radius 3 is 2.94 bits per heavy atom. The number of thiophene rings is 1. The number of aromatic hydroxyl groups is 1. The van der Waals surface area contributed by atoms with Gasteiger partial charge in [-0.3, -0.25) is 4.79 Å². The SMILES string of the molecule is O=C(NCCc1cccs1)c1cc(I)ccc1O. The van der Waals surface area contributed by atoms with Crippen molar-refractivity contribution in [1.29, 1.82) is 0 Å². The van der Waals surface area contributed by atoms with E-state index in [1.54, 1.807) is 23.5 Å². The van der Waals surface area contributed by atoms with Gasteiger partial charge in [-0.05, 0) is 58.7 Å². The second-order valence-corrected chi connectivity index (χ2v) is 6.02. The van der Waals surface area contributed by atoms with E-state index >= 15 is 0 Å². The first-order valence-corrected chi connectivity index (χ1v) is 7.42. The standard InChI is InChI=1S/C13H12INO2S/c14-9-3-4-12(16)11(8-9)13(17)15-6-5-10-2-1-7-18-10/h1-4,7-8,16H,5-6H2,(H,15,17). The van der Waals surface area contributed by atoms with Gasteiger partial charge in [0.2, 0.25) is 0 Å². The first kappa shape index (κ1) is 13.4. The number of phenolic OH excluding ortho intramolecular Hbond substituents is 1. The summed E-state index contributed by atoms with van der Waals surface area (Å²) in [5, 5.41) is 14.5. The molecule has 94 valence electrons. The fourth-order valence-corrected chi connectivity index (χ4v) is 2.74. The average molecular weight is 373 g/mol. The Morgan fingerprint density at radius 2 is 2.22 bits per heavy atom. The molecule has 0 radical (unpaired) electrons. The Kier molecular flexibility index (Phi) is 4.60. The number of hydrogen-bond donors (Lipinski definition) is 2. The van der Waals surface area contributed by atoms with Crippen LogP contribution in [-0.2, 0) is 6.42 Å². The van der Waals surface area contributed by atoms with E-state index in [2.05, 4.69) is 27.9 Å². The van der Waals surface area contributed by atoms with Crippen molar-refractivity contribution >= 4 is 39.8 Å². The van der Waals surface area contributed by atoms with Gasteiger partial charge >= 0.3 is 0 Å². The molecule has 2 N–H and O–H groups in total. The van der Waals surface area contributed by atoms with Gasteiger partial charge in [0, 0.05) is 15.0 Å². The number of carbonyl (C=O) groups excluding carboxylic acids is 1. The molecule has 1 amide bonds. The monoisotopic (exact) mass is 373 g/mol. The number of nitrogens with one attached hydrogen (secondary N) is 1. The molecule has 2 aromatic rings. The first-order valence-electron chi connectivity index (χ1n) is 5.46. The highest BCUT2D eigenvalue weighted by Gasteiger charge is 2.10. The molecule has 1 aromatic heterocycles. The molecule has 0 bridgehead atoms. The molecule has 0 saturated carbocycles. The molecule has 0 fully saturated rings. The summed E-state index contributed by atoms with van der Waals surface area (Å²) in [7, 11) is 0. The van der Waals surface area contributed by atoms with Crippen LogP contribution in [0.2, 0.25) is 0 Å². The lowest BCUT2D eigenvalue weighted by atomic mass is 10.2. The summed E-state index contributed by atoms with van der Waals surface area (Å²) in [6, 6.07) is 9.01. The third-order valence-corrected chi connectivity index (χ3v) is 4.05. The zero-order valence-corrected chi connectivity index (χ0v) is 12.5. The summed E-state index contributed by atoms with van der Waals surface area (Å²) >= 11 is 3.79. The number of carbonyl (C=O) groups is 1. The van der Waals surface area contributed by atoms with Crippen LogP contribution in [0.3, 0.4) is 0 Å². The van der Waals surface area contributed by atoms with Gasteiger partial charge in [0.25, 0.3) is 5.91 Å². The van der Waals surface area contributed by atoms with Crippen LogP contribution in [0.15, 0.2) is 35.7 Å². The second kappa shape index (κ2) is 6.19. The molecular formula is C13H12INO2S. The molecule has 18 heavy (non-hydrogen) atoms. The van der Waals surface area contributed by atoms with Crippen molar-refractivity contribution in [2.75, 3.05) is 6.54 Å². The van der Waals surface area contributed by atoms with E-state index in [4.69, 9.17) is 0 Å². The van der Waals surface area contributed by atoms with Crippen molar-refractivity contribution in [1.82, 2.24) is 5.32 Å². The molecule has 0 saturated heterocycles. The van der Waals surface area contributed by atoms with Crippen molar-refractivity contribution in [2.45, 2.75) is 6.42 Å². The lowest BCUT2D eigenvalue weighted by Gasteiger charge is -2.06. The van der Waals surface area contributed by atoms with Crippen LogP contribution in [0.4, 0.5) is 0 Å². The van der Waals surface area contributed by atoms with E-state index in [9.17, 15) is 9.90 Å². The van der Waals surface area contributed by atoms with Gasteiger partial charge in [0.1, 0.15) is 5.75 Å². The first-order chi connectivity index (χ1) is 8.66. The maximum absolute atomic E-state index is 11.9. The number of hydrogen-bond acceptors (Lipinski definition) is 3. The molecule has 3 nitrogen and oxygen atoms in total. The quantitative estimate of drug-likeness (QED) is 0.810. The normalized spacial score (nSPS) is 10.3. The molecule has 0 aliphatic carbocycles. The molecule has 1 aromatic carbocycles. The molecule has 0 atom stereocenters. The predicted octanol–water partition coefficient (Wildman–Crippen LogP) is 3.03. The molecular weight excluding hydrogens is 361 g/mol. The third kappa shape index (κ3) is 3.46. The molecule has 2 rings (SSSR count). The van der Waals surface area contributed by atoms with Crippen LogP contribution in [-0.4, -0.2) is 17.6 Å². The van der Waals surface area contributed by atoms with Crippen molar-refractivity contribution in [3.05, 3.63) is 49.7 Å². The minimum atomic E-state index is -0.234. The van der Waals surface area contributed by atoms with Crippen LogP contribution in [0.25, 0.3) is 0 Å². The van der Waals surface area contributed by atoms with Gasteiger partial charge in [-0.25, -0.2) is 0 Å². The van der Waals surface area contributed by atoms with Crippen LogP contribution in [0, 0.1) is 3.57 Å². The fraction of sp³-hybridized carbons (Fsp3) is 0.154. The fourth-order valence-electron chi connectivity index (χ4n) is 1.54. The summed E-state index contributed by atoms with van der Waals surface area (Å²) < 4.78 is 0.925. The molecule has 0 aliphatic heterocycles. The number of phenols is 1. The zero-order valence-electron chi connectivity index (χ0n) is 9.52. The molecule has 0 spiro atoms. The van der Waals surface area contributed by atoms with Crippen molar-refractivity contribution in [3.63, 3.8) is 0 Å². The summed E-state index contributed by atoms with van der Waals surface area (Å²) in [6.07, 6.45) is 0.814. The Bertz CT molecular complexity index is 540. The molecule has 5 heteroatoms. The zero-order chi connectivity index (χ0) is 13.0. The molecule has 0 unspecified atom stereocenters. The minimum absolute atomic E-state index is 0.0176. The number of halogens is 1. The van der Waals surface area contributed by atoms with Gasteiger partial charge in [-0.1, -0.05) is 6.07 Å². The van der Waals surface area contributed by atoms with E-state index in [-0.39, 0.29) is 11.7 Å². The summed E-state index contributed by atoms with van der Waals surface area (Å²) in [5.74, 6) is -0.216. The Morgan fingerprint density at radius 1 is 1.39 bits per heavy atom. The lowest BCUT2D eigenvalue weighted by Crippen LogP contribution is -2.25. The maximum atomic E-state index is 11.9. The molecule has 0 aliphatic rings. The van der Waals surface area contributed by atoms with Crippen molar-refractivity contribution in [2.24, 2.45) is 0 Å². The smallest absolute Gasteiger partial charge is 0.255 e. The van der Waals surface area contributed by atoms with Crippen LogP contribution in [0.1, 0.15) is 15.2 Å². The summed E-state index contributed by atoms with van der Waals surface area (Å²) in [4.78, 5) is 13.1. The minimum Gasteiger partial charge on any atom is -0.507 e. The van der Waals surface area contributed by atoms with Gasteiger partial charge in [-0.15, -0.1) is 11.3 Å². The van der Waals surface area contributed by atoms with Gasteiger partial charge in [-0.2, -0.15) is 0 Å². The Balaban J connectivity index is 1.93. The lowest BCUT2D eigenvalue weighted by molar-refractivity contribution is 0.0951. The predicted molar refractivity (Wildman–Crippen MR) is 81.2 cm³/mol. The second-order valence-electron chi connectivity index (χ2n) is 3.75. The number of benzene rings is 1. The van der Waals surface area contributed by atoms with Crippen LogP contribution >= 0.6 is 33.9 Å². The summed E-state index contributed by atoms with van der Waals surface area (Å²) in [6.45, 7) is 0.574. The largest absolute Gasteiger partial charge is 0.507 e. The topological polar surface area (TPSA) is 49.3 Å². The maximum Gasteiger partial charge on any atom is 0.255 e. The van der Waals surface area contributed by atoms with Crippen molar-refractivity contribution < 1.29 is 9.90 Å². The van der Waals surface area contributed by atoms with Crippen LogP contribution in [0.5, 0.6) is 5.75 Å². The highest BCUT2D eigenvalue weighted by molar-refractivity contribution is 14.1. The van der Waals surface area contributed by atoms with E-state index in [1.807, 2.05) is 17.5 Å². The average Bonchev–Trinajstić information content (AvgIpc) is 2.85. The van der Waals surface area contributed by atoms with Gasteiger partial charge < -0.3 is 10.4 Å². The van der Waals surface area contributed by atoms with Gasteiger partial charge in [0.05, 0.1) is 5.56 Å². The third-order valence-electron chi connectivity index (χ3n) is 2.44. The van der Waals surface area contributed by atoms with E-state index in [1.165, 1.54) is 10.9 Å². The van der Waals surface area contributed by atoms with Gasteiger partial charge in [0.15, 0.2) is 0 Å². The van der Waals surface area contributed by atoms with E-state index < -0.39 is 0 Å². The highest BCUT2D eigenvalue weighted by Crippen LogP contribution is 2.19. The van der Waals surface area contributed by atoms with Crippen molar-refractivity contribution in [3.8, 4) is 5.75 Å². The van der Waals surface area contributed by atoms with E-state index in [0.717, 1.165) is 9.99 Å². The summed E-state index contributed by atoms with van der Waals surface area (Å²) in [5.41, 5.74) is 0.327.